The summed E-state index contributed by atoms with van der Waals surface area (Å²) < 4.78 is 2.05. The molecule has 1 aromatic heterocycles. The monoisotopic (exact) mass is 392 g/mol. The zero-order valence-corrected chi connectivity index (χ0v) is 16.4. The summed E-state index contributed by atoms with van der Waals surface area (Å²) in [5.41, 5.74) is 6.58. The van der Waals surface area contributed by atoms with Crippen LogP contribution in [0.1, 0.15) is 11.1 Å². The van der Waals surface area contributed by atoms with Crippen LogP contribution < -0.4 is 0 Å². The van der Waals surface area contributed by atoms with Gasteiger partial charge in [0.2, 0.25) is 0 Å². The molecule has 2 nitrogen and oxygen atoms in total. The van der Waals surface area contributed by atoms with E-state index in [2.05, 4.69) is 31.2 Å². The van der Waals surface area contributed by atoms with Crippen LogP contribution in [0, 0.1) is 6.92 Å². The molecule has 0 radical (unpaired) electrons. The zero-order valence-electron chi connectivity index (χ0n) is 14.9. The van der Waals surface area contributed by atoms with Crippen LogP contribution in [-0.4, -0.2) is 9.78 Å². The lowest BCUT2D eigenvalue weighted by atomic mass is 10.0. The van der Waals surface area contributed by atoms with Crippen molar-refractivity contribution in [1.82, 2.24) is 9.78 Å². The lowest BCUT2D eigenvalue weighted by Crippen LogP contribution is -2.04. The molecule has 134 valence electrons. The Bertz CT molecular complexity index is 1070. The van der Waals surface area contributed by atoms with E-state index in [4.69, 9.17) is 28.3 Å². The summed E-state index contributed by atoms with van der Waals surface area (Å²) in [5, 5.41) is 6.06. The number of nitrogens with zero attached hydrogens (tertiary/aromatic N) is 2. The van der Waals surface area contributed by atoms with Gasteiger partial charge in [0.1, 0.15) is 0 Å². The molecule has 0 aliphatic heterocycles. The molecule has 0 saturated heterocycles. The maximum atomic E-state index is 6.21. The molecule has 3 aromatic carbocycles. The normalized spacial score (nSPS) is 10.9. The molecule has 4 rings (SSSR count). The Kier molecular flexibility index (Phi) is 5.02. The molecule has 0 atom stereocenters. The Morgan fingerprint density at radius 3 is 2.04 bits per heavy atom. The highest BCUT2D eigenvalue weighted by atomic mass is 35.5. The van der Waals surface area contributed by atoms with Gasteiger partial charge in [0, 0.05) is 16.7 Å². The van der Waals surface area contributed by atoms with Gasteiger partial charge < -0.3 is 0 Å². The molecule has 1 heterocycles. The molecule has 0 amide bonds. The number of benzene rings is 3. The summed E-state index contributed by atoms with van der Waals surface area (Å²) in [6, 6.07) is 26.3. The van der Waals surface area contributed by atoms with Gasteiger partial charge in [0.05, 0.1) is 28.0 Å². The predicted molar refractivity (Wildman–Crippen MR) is 113 cm³/mol. The number of halogens is 2. The van der Waals surface area contributed by atoms with Crippen LogP contribution in [0.25, 0.3) is 22.5 Å². The van der Waals surface area contributed by atoms with Crippen LogP contribution in [0.2, 0.25) is 10.0 Å². The minimum absolute atomic E-state index is 0.558. The second-order valence-electron chi connectivity index (χ2n) is 6.46. The molecule has 0 aliphatic carbocycles. The van der Waals surface area contributed by atoms with Gasteiger partial charge in [0.25, 0.3) is 0 Å². The largest absolute Gasteiger partial charge is 0.260 e. The van der Waals surface area contributed by atoms with Gasteiger partial charge in [0.15, 0.2) is 0 Å². The van der Waals surface area contributed by atoms with Crippen LogP contribution >= 0.6 is 23.2 Å². The number of rotatable bonds is 4. The number of hydrogen-bond donors (Lipinski definition) is 0. The molecule has 0 saturated carbocycles. The highest BCUT2D eigenvalue weighted by molar-refractivity contribution is 6.42. The highest BCUT2D eigenvalue weighted by Crippen LogP contribution is 2.32. The first-order chi connectivity index (χ1) is 13.1. The molecule has 0 unspecified atom stereocenters. The third-order valence-electron chi connectivity index (χ3n) is 4.60. The van der Waals surface area contributed by atoms with Gasteiger partial charge in [-0.3, -0.25) is 4.68 Å². The first-order valence-electron chi connectivity index (χ1n) is 8.75. The Balaban J connectivity index is 1.85. The molecule has 4 aromatic rings. The van der Waals surface area contributed by atoms with Crippen molar-refractivity contribution in [2.45, 2.75) is 13.5 Å². The van der Waals surface area contributed by atoms with Gasteiger partial charge in [-0.05, 0) is 24.6 Å². The fourth-order valence-electron chi connectivity index (χ4n) is 3.31. The first-order valence-corrected chi connectivity index (χ1v) is 9.51. The average molecular weight is 393 g/mol. The van der Waals surface area contributed by atoms with Gasteiger partial charge >= 0.3 is 0 Å². The second kappa shape index (κ2) is 7.59. The fourth-order valence-corrected chi connectivity index (χ4v) is 3.63. The molecule has 0 fully saturated rings. The van der Waals surface area contributed by atoms with E-state index in [-0.39, 0.29) is 0 Å². The van der Waals surface area contributed by atoms with E-state index < -0.39 is 0 Å². The third kappa shape index (κ3) is 3.64. The topological polar surface area (TPSA) is 17.8 Å². The standard InChI is InChI=1S/C23H18Cl2N2/c1-16-22(18-8-4-2-5-9-18)26-27(23(16)19-10-6-3-7-11-19)15-17-12-13-20(24)21(25)14-17/h2-14H,15H2,1H3. The van der Waals surface area contributed by atoms with Crippen molar-refractivity contribution < 1.29 is 0 Å². The minimum Gasteiger partial charge on any atom is -0.260 e. The second-order valence-corrected chi connectivity index (χ2v) is 7.27. The van der Waals surface area contributed by atoms with Gasteiger partial charge in [-0.25, -0.2) is 0 Å². The SMILES string of the molecule is Cc1c(-c2ccccc2)nn(Cc2ccc(Cl)c(Cl)c2)c1-c1ccccc1. The maximum Gasteiger partial charge on any atom is 0.0959 e. The van der Waals surface area contributed by atoms with Crippen molar-refractivity contribution >= 4 is 23.2 Å². The third-order valence-corrected chi connectivity index (χ3v) is 5.34. The highest BCUT2D eigenvalue weighted by Gasteiger charge is 2.17. The maximum absolute atomic E-state index is 6.21. The van der Waals surface area contributed by atoms with Crippen LogP contribution in [0.5, 0.6) is 0 Å². The summed E-state index contributed by atoms with van der Waals surface area (Å²) >= 11 is 12.3. The van der Waals surface area contributed by atoms with Crippen molar-refractivity contribution in [3.8, 4) is 22.5 Å². The Morgan fingerprint density at radius 1 is 0.778 bits per heavy atom. The molecular weight excluding hydrogens is 375 g/mol. The van der Waals surface area contributed by atoms with Crippen LogP contribution in [0.15, 0.2) is 78.9 Å². The quantitative estimate of drug-likeness (QED) is 0.370. The number of hydrogen-bond acceptors (Lipinski definition) is 1. The molecular formula is C23H18Cl2N2. The van der Waals surface area contributed by atoms with Gasteiger partial charge in [-0.15, -0.1) is 0 Å². The van der Waals surface area contributed by atoms with Crippen molar-refractivity contribution in [2.75, 3.05) is 0 Å². The van der Waals surface area contributed by atoms with Crippen molar-refractivity contribution in [3.05, 3.63) is 100 Å². The molecule has 0 N–H and O–H groups in total. The number of aromatic nitrogens is 2. The van der Waals surface area contributed by atoms with Crippen molar-refractivity contribution in [3.63, 3.8) is 0 Å². The van der Waals surface area contributed by atoms with E-state index in [0.717, 1.165) is 33.6 Å². The summed E-state index contributed by atoms with van der Waals surface area (Å²) in [5.74, 6) is 0. The Hall–Kier alpha value is -2.55. The summed E-state index contributed by atoms with van der Waals surface area (Å²) in [4.78, 5) is 0. The Labute approximate surface area is 169 Å². The summed E-state index contributed by atoms with van der Waals surface area (Å²) in [6.45, 7) is 2.75. The summed E-state index contributed by atoms with van der Waals surface area (Å²) in [6.07, 6.45) is 0. The minimum atomic E-state index is 0.558. The molecule has 0 spiro atoms. The van der Waals surface area contributed by atoms with E-state index in [1.165, 1.54) is 0 Å². The molecule has 4 heteroatoms. The lowest BCUT2D eigenvalue weighted by molar-refractivity contribution is 0.696. The zero-order chi connectivity index (χ0) is 18.8. The van der Waals surface area contributed by atoms with Crippen molar-refractivity contribution in [1.29, 1.82) is 0 Å². The molecule has 27 heavy (non-hydrogen) atoms. The summed E-state index contributed by atoms with van der Waals surface area (Å²) in [7, 11) is 0. The van der Waals surface area contributed by atoms with Gasteiger partial charge in [-0.2, -0.15) is 5.10 Å². The molecule has 0 bridgehead atoms. The van der Waals surface area contributed by atoms with Crippen LogP contribution in [0.3, 0.4) is 0 Å². The van der Waals surface area contributed by atoms with E-state index in [9.17, 15) is 0 Å². The predicted octanol–water partition coefficient (Wildman–Crippen LogP) is 6.88. The van der Waals surface area contributed by atoms with Crippen LogP contribution in [0.4, 0.5) is 0 Å². The lowest BCUT2D eigenvalue weighted by Gasteiger charge is -2.09. The van der Waals surface area contributed by atoms with Crippen molar-refractivity contribution in [2.24, 2.45) is 0 Å². The van der Waals surface area contributed by atoms with Crippen LogP contribution in [-0.2, 0) is 6.54 Å². The molecule has 0 aliphatic rings. The van der Waals surface area contributed by atoms with E-state index >= 15 is 0 Å². The van der Waals surface area contributed by atoms with E-state index in [0.29, 0.717) is 16.6 Å². The fraction of sp³-hybridized carbons (Fsp3) is 0.0870. The van der Waals surface area contributed by atoms with Gasteiger partial charge in [-0.1, -0.05) is 89.9 Å². The Morgan fingerprint density at radius 2 is 1.41 bits per heavy atom. The smallest absolute Gasteiger partial charge is 0.0959 e. The van der Waals surface area contributed by atoms with E-state index in [1.807, 2.05) is 59.3 Å². The first kappa shape index (κ1) is 17.8. The van der Waals surface area contributed by atoms with E-state index in [1.54, 1.807) is 0 Å². The average Bonchev–Trinajstić information content (AvgIpc) is 3.02.